The van der Waals surface area contributed by atoms with Crippen molar-refractivity contribution in [2.45, 2.75) is 12.5 Å². The summed E-state index contributed by atoms with van der Waals surface area (Å²) in [5, 5.41) is 1.09. The molecule has 1 amide bonds. The van der Waals surface area contributed by atoms with E-state index >= 15 is 0 Å². The van der Waals surface area contributed by atoms with Gasteiger partial charge in [-0.15, -0.1) is 0 Å². The minimum absolute atomic E-state index is 0.0135. The molecule has 0 aliphatic carbocycles. The number of benzene rings is 2. The highest BCUT2D eigenvalue weighted by molar-refractivity contribution is 14.1. The van der Waals surface area contributed by atoms with E-state index in [9.17, 15) is 4.79 Å². The van der Waals surface area contributed by atoms with Gasteiger partial charge in [0.15, 0.2) is 0 Å². The highest BCUT2D eigenvalue weighted by Gasteiger charge is 2.28. The van der Waals surface area contributed by atoms with Gasteiger partial charge in [0.2, 0.25) is 5.88 Å². The molecule has 126 valence electrons. The topological polar surface area (TPSA) is 42.4 Å². The van der Waals surface area contributed by atoms with Crippen LogP contribution in [0.2, 0.25) is 0 Å². The minimum Gasteiger partial charge on any atom is -0.472 e. The molecule has 1 aliphatic heterocycles. The molecule has 1 fully saturated rings. The number of pyridine rings is 1. The van der Waals surface area contributed by atoms with Crippen LogP contribution in [0, 0.1) is 3.57 Å². The van der Waals surface area contributed by atoms with Gasteiger partial charge >= 0.3 is 0 Å². The molecule has 0 spiro atoms. The number of ether oxygens (including phenoxy) is 1. The molecule has 0 radical (unpaired) electrons. The predicted molar refractivity (Wildman–Crippen MR) is 106 cm³/mol. The molecule has 1 atom stereocenters. The number of hydrogen-bond donors (Lipinski definition) is 0. The fourth-order valence-electron chi connectivity index (χ4n) is 3.10. The van der Waals surface area contributed by atoms with Crippen molar-refractivity contribution >= 4 is 39.4 Å². The van der Waals surface area contributed by atoms with Gasteiger partial charge in [0.1, 0.15) is 6.10 Å². The summed E-state index contributed by atoms with van der Waals surface area (Å²) in [7, 11) is 0. The van der Waals surface area contributed by atoms with E-state index in [2.05, 4.69) is 27.6 Å². The maximum Gasteiger partial charge on any atom is 0.254 e. The third kappa shape index (κ3) is 3.61. The summed E-state index contributed by atoms with van der Waals surface area (Å²) >= 11 is 2.22. The number of nitrogens with zero attached hydrogens (tertiary/aromatic N) is 2. The second-order valence-corrected chi connectivity index (χ2v) is 7.38. The van der Waals surface area contributed by atoms with Crippen LogP contribution in [0.4, 0.5) is 0 Å². The average Bonchev–Trinajstić information content (AvgIpc) is 3.09. The van der Waals surface area contributed by atoms with Gasteiger partial charge < -0.3 is 9.64 Å². The lowest BCUT2D eigenvalue weighted by Crippen LogP contribution is -2.31. The summed E-state index contributed by atoms with van der Waals surface area (Å²) in [6, 6.07) is 19.6. The van der Waals surface area contributed by atoms with E-state index < -0.39 is 0 Å². The molecule has 2 aromatic carbocycles. The summed E-state index contributed by atoms with van der Waals surface area (Å²) in [5.41, 5.74) is 1.65. The van der Waals surface area contributed by atoms with E-state index in [0.29, 0.717) is 19.0 Å². The summed E-state index contributed by atoms with van der Waals surface area (Å²) in [4.78, 5) is 19.0. The number of likely N-dealkylation sites (tertiary alicyclic amines) is 1. The Morgan fingerprint density at radius 3 is 2.88 bits per heavy atom. The Morgan fingerprint density at radius 1 is 1.12 bits per heavy atom. The molecule has 5 heteroatoms. The Balaban J connectivity index is 1.44. The molecule has 0 bridgehead atoms. The van der Waals surface area contributed by atoms with E-state index in [1.54, 1.807) is 0 Å². The smallest absolute Gasteiger partial charge is 0.254 e. The Kier molecular flexibility index (Phi) is 4.57. The number of fused-ring (bicyclic) bond motifs is 1. The van der Waals surface area contributed by atoms with Gasteiger partial charge in [0, 0.05) is 33.6 Å². The maximum atomic E-state index is 12.6. The molecule has 0 N–H and O–H groups in total. The molecular formula is C20H17IN2O2. The van der Waals surface area contributed by atoms with Gasteiger partial charge in [-0.25, -0.2) is 4.98 Å². The molecule has 1 unspecified atom stereocenters. The number of rotatable bonds is 3. The Labute approximate surface area is 160 Å². The Hall–Kier alpha value is -2.15. The summed E-state index contributed by atoms with van der Waals surface area (Å²) in [5.74, 6) is 0.684. The maximum absolute atomic E-state index is 12.6. The summed E-state index contributed by atoms with van der Waals surface area (Å²) in [6.45, 7) is 1.31. The molecule has 4 nitrogen and oxygen atoms in total. The zero-order chi connectivity index (χ0) is 17.2. The fourth-order valence-corrected chi connectivity index (χ4v) is 3.64. The molecule has 2 heterocycles. The van der Waals surface area contributed by atoms with Crippen molar-refractivity contribution < 1.29 is 9.53 Å². The second kappa shape index (κ2) is 7.00. The lowest BCUT2D eigenvalue weighted by Gasteiger charge is -2.17. The van der Waals surface area contributed by atoms with Crippen molar-refractivity contribution in [1.82, 2.24) is 9.88 Å². The number of aromatic nitrogens is 1. The number of amides is 1. The first-order valence-electron chi connectivity index (χ1n) is 8.26. The van der Waals surface area contributed by atoms with E-state index in [1.165, 1.54) is 0 Å². The van der Waals surface area contributed by atoms with Crippen LogP contribution in [0.25, 0.3) is 10.9 Å². The molecule has 0 saturated carbocycles. The largest absolute Gasteiger partial charge is 0.472 e. The first-order valence-corrected chi connectivity index (χ1v) is 9.34. The van der Waals surface area contributed by atoms with E-state index in [-0.39, 0.29) is 12.0 Å². The molecule has 1 aliphatic rings. The number of halogens is 1. The van der Waals surface area contributed by atoms with Crippen LogP contribution in [0.1, 0.15) is 16.8 Å². The van der Waals surface area contributed by atoms with Crippen molar-refractivity contribution in [3.8, 4) is 5.88 Å². The van der Waals surface area contributed by atoms with Crippen LogP contribution >= 0.6 is 22.6 Å². The normalized spacial score (nSPS) is 17.0. The highest BCUT2D eigenvalue weighted by Crippen LogP contribution is 2.21. The van der Waals surface area contributed by atoms with Crippen LogP contribution in [-0.4, -0.2) is 35.0 Å². The lowest BCUT2D eigenvalue weighted by atomic mass is 10.2. The quantitative estimate of drug-likeness (QED) is 0.571. The van der Waals surface area contributed by atoms with Crippen LogP contribution < -0.4 is 4.74 Å². The van der Waals surface area contributed by atoms with Gasteiger partial charge in [-0.1, -0.05) is 24.3 Å². The molecule has 1 saturated heterocycles. The number of hydrogen-bond acceptors (Lipinski definition) is 3. The number of carbonyl (C=O) groups is 1. The summed E-state index contributed by atoms with van der Waals surface area (Å²) < 4.78 is 7.08. The van der Waals surface area contributed by atoms with Crippen molar-refractivity contribution in [2.75, 3.05) is 13.1 Å². The zero-order valence-electron chi connectivity index (χ0n) is 13.6. The van der Waals surface area contributed by atoms with Crippen LogP contribution in [0.5, 0.6) is 5.88 Å². The number of carbonyl (C=O) groups excluding carboxylic acids is 1. The third-order valence-corrected chi connectivity index (χ3v) is 5.04. The van der Waals surface area contributed by atoms with E-state index in [0.717, 1.165) is 26.5 Å². The van der Waals surface area contributed by atoms with Gasteiger partial charge in [-0.05, 0) is 52.9 Å². The fraction of sp³-hybridized carbons (Fsp3) is 0.200. The molecule has 25 heavy (non-hydrogen) atoms. The summed E-state index contributed by atoms with van der Waals surface area (Å²) in [6.07, 6.45) is 0.810. The lowest BCUT2D eigenvalue weighted by molar-refractivity contribution is 0.0771. The van der Waals surface area contributed by atoms with E-state index in [4.69, 9.17) is 4.74 Å². The zero-order valence-corrected chi connectivity index (χ0v) is 15.7. The predicted octanol–water partition coefficient (Wildman–Crippen LogP) is 4.13. The third-order valence-electron chi connectivity index (χ3n) is 4.36. The van der Waals surface area contributed by atoms with Crippen molar-refractivity contribution in [2.24, 2.45) is 0 Å². The van der Waals surface area contributed by atoms with Crippen LogP contribution in [-0.2, 0) is 0 Å². The first-order chi connectivity index (χ1) is 12.2. The Bertz CT molecular complexity index is 928. The van der Waals surface area contributed by atoms with Gasteiger partial charge in [0.05, 0.1) is 12.1 Å². The highest BCUT2D eigenvalue weighted by atomic mass is 127. The molecular weight excluding hydrogens is 427 g/mol. The van der Waals surface area contributed by atoms with Crippen LogP contribution in [0.3, 0.4) is 0 Å². The molecule has 3 aromatic rings. The van der Waals surface area contributed by atoms with Gasteiger partial charge in [-0.3, -0.25) is 4.79 Å². The van der Waals surface area contributed by atoms with E-state index in [1.807, 2.05) is 65.6 Å². The van der Waals surface area contributed by atoms with Crippen molar-refractivity contribution in [1.29, 1.82) is 0 Å². The first kappa shape index (κ1) is 16.3. The minimum atomic E-state index is -0.0135. The van der Waals surface area contributed by atoms with Crippen molar-refractivity contribution in [3.05, 3.63) is 69.8 Å². The number of para-hydroxylation sites is 1. The Morgan fingerprint density at radius 2 is 2.00 bits per heavy atom. The van der Waals surface area contributed by atoms with Gasteiger partial charge in [0.25, 0.3) is 5.91 Å². The molecule has 1 aromatic heterocycles. The molecule has 4 rings (SSSR count). The second-order valence-electron chi connectivity index (χ2n) is 6.13. The van der Waals surface area contributed by atoms with Gasteiger partial charge in [-0.2, -0.15) is 0 Å². The average molecular weight is 444 g/mol. The SMILES string of the molecule is O=C(c1cccc(I)c1)N1CCC(Oc2ccc3ccccc3n2)C1. The standard InChI is InChI=1S/C20H17IN2O2/c21-16-6-3-5-15(12-16)20(24)23-11-10-17(13-23)25-19-9-8-14-4-1-2-7-18(14)22-19/h1-9,12,17H,10-11,13H2. The monoisotopic (exact) mass is 444 g/mol. The van der Waals surface area contributed by atoms with Crippen molar-refractivity contribution in [3.63, 3.8) is 0 Å². The van der Waals surface area contributed by atoms with Crippen LogP contribution in [0.15, 0.2) is 60.7 Å².